The van der Waals surface area contributed by atoms with E-state index in [1.54, 1.807) is 4.68 Å². The number of hydroxylamine groups is 2. The minimum atomic E-state index is -0.637. The second-order valence-corrected chi connectivity index (χ2v) is 10.4. The summed E-state index contributed by atoms with van der Waals surface area (Å²) in [5, 5.41) is 9.11. The summed E-state index contributed by atoms with van der Waals surface area (Å²) < 4.78 is 19.7. The van der Waals surface area contributed by atoms with Crippen LogP contribution in [-0.4, -0.2) is 68.9 Å². The van der Waals surface area contributed by atoms with Gasteiger partial charge in [0.15, 0.2) is 6.29 Å². The Morgan fingerprint density at radius 3 is 2.55 bits per heavy atom. The van der Waals surface area contributed by atoms with Crippen molar-refractivity contribution in [1.29, 1.82) is 0 Å². The van der Waals surface area contributed by atoms with Gasteiger partial charge in [-0.05, 0) is 25.8 Å². The van der Waals surface area contributed by atoms with E-state index < -0.39 is 36.3 Å². The van der Waals surface area contributed by atoms with E-state index in [1.165, 1.54) is 6.92 Å². The first-order valence-corrected chi connectivity index (χ1v) is 13.6. The standard InChI is InChI=1S/C28H36N4O8/c1-17-8-7-9-21(14-17)22-15-31(30-29-22)16-23-27(38-20(4)33)18(2)19(3)28(39-23)37-13-6-5-10-26(36)40-32-24(34)11-12-25(32)35/h7-9,14-15,18-19,23,27-28H,5-6,10-13,16H2,1-4H3. The first-order valence-electron chi connectivity index (χ1n) is 13.6. The van der Waals surface area contributed by atoms with Crippen LogP contribution in [0.3, 0.4) is 0 Å². The Labute approximate surface area is 232 Å². The first kappa shape index (κ1) is 29.3. The topological polar surface area (TPSA) is 139 Å². The maximum atomic E-state index is 12.0. The lowest BCUT2D eigenvalue weighted by Gasteiger charge is -2.43. The fraction of sp³-hybridized carbons (Fsp3) is 0.571. The lowest BCUT2D eigenvalue weighted by Crippen LogP contribution is -2.53. The molecule has 2 fully saturated rings. The summed E-state index contributed by atoms with van der Waals surface area (Å²) in [6, 6.07) is 7.99. The second-order valence-electron chi connectivity index (χ2n) is 10.4. The van der Waals surface area contributed by atoms with Crippen molar-refractivity contribution in [2.24, 2.45) is 11.8 Å². The van der Waals surface area contributed by atoms with Crippen LogP contribution >= 0.6 is 0 Å². The molecule has 4 rings (SSSR count). The van der Waals surface area contributed by atoms with E-state index in [0.717, 1.165) is 16.8 Å². The van der Waals surface area contributed by atoms with Gasteiger partial charge in [-0.15, -0.1) is 10.2 Å². The fourth-order valence-electron chi connectivity index (χ4n) is 4.86. The van der Waals surface area contributed by atoms with Crippen LogP contribution in [0.1, 0.15) is 58.4 Å². The third kappa shape index (κ3) is 7.30. The number of unbranched alkanes of at least 4 members (excludes halogenated alkanes) is 1. The van der Waals surface area contributed by atoms with Gasteiger partial charge in [-0.25, -0.2) is 9.48 Å². The van der Waals surface area contributed by atoms with Gasteiger partial charge in [-0.1, -0.05) is 42.8 Å². The van der Waals surface area contributed by atoms with E-state index in [-0.39, 0.29) is 37.1 Å². The molecule has 2 amide bonds. The Hall–Kier alpha value is -3.64. The summed E-state index contributed by atoms with van der Waals surface area (Å²) in [7, 11) is 0. The number of carbonyl (C=O) groups excluding carboxylic acids is 4. The minimum Gasteiger partial charge on any atom is -0.459 e. The zero-order valence-corrected chi connectivity index (χ0v) is 23.3. The highest BCUT2D eigenvalue weighted by Crippen LogP contribution is 2.34. The Kier molecular flexibility index (Phi) is 9.64. The summed E-state index contributed by atoms with van der Waals surface area (Å²) in [4.78, 5) is 52.0. The third-order valence-corrected chi connectivity index (χ3v) is 7.23. The van der Waals surface area contributed by atoms with E-state index in [0.29, 0.717) is 31.1 Å². The summed E-state index contributed by atoms with van der Waals surface area (Å²) in [6.07, 6.45) is 1.42. The van der Waals surface area contributed by atoms with Gasteiger partial charge < -0.3 is 19.0 Å². The molecule has 40 heavy (non-hydrogen) atoms. The van der Waals surface area contributed by atoms with Gasteiger partial charge in [0, 0.05) is 50.2 Å². The van der Waals surface area contributed by atoms with Crippen LogP contribution in [0.4, 0.5) is 0 Å². The second kappa shape index (κ2) is 13.1. The molecule has 0 spiro atoms. The van der Waals surface area contributed by atoms with Crippen molar-refractivity contribution in [2.75, 3.05) is 6.61 Å². The van der Waals surface area contributed by atoms with E-state index in [2.05, 4.69) is 10.3 Å². The maximum Gasteiger partial charge on any atom is 0.333 e. The number of esters is 1. The number of benzene rings is 1. The van der Waals surface area contributed by atoms with Crippen LogP contribution in [0, 0.1) is 18.8 Å². The molecule has 2 aliphatic heterocycles. The number of aromatic nitrogens is 3. The van der Waals surface area contributed by atoms with Crippen LogP contribution in [0.25, 0.3) is 11.3 Å². The van der Waals surface area contributed by atoms with Crippen LogP contribution in [-0.2, 0) is 44.8 Å². The van der Waals surface area contributed by atoms with Crippen molar-refractivity contribution in [1.82, 2.24) is 20.1 Å². The molecule has 0 aliphatic carbocycles. The lowest BCUT2D eigenvalue weighted by atomic mass is 9.84. The molecule has 5 unspecified atom stereocenters. The van der Waals surface area contributed by atoms with Gasteiger partial charge in [0.2, 0.25) is 0 Å². The van der Waals surface area contributed by atoms with Gasteiger partial charge in [0.25, 0.3) is 11.8 Å². The van der Waals surface area contributed by atoms with E-state index in [1.807, 2.05) is 51.2 Å². The highest BCUT2D eigenvalue weighted by atomic mass is 16.7. The van der Waals surface area contributed by atoms with Gasteiger partial charge in [-0.3, -0.25) is 14.4 Å². The normalized spacial score (nSPS) is 24.8. The van der Waals surface area contributed by atoms with Crippen molar-refractivity contribution in [2.45, 2.75) is 84.8 Å². The zero-order chi connectivity index (χ0) is 28.8. The van der Waals surface area contributed by atoms with Crippen molar-refractivity contribution >= 4 is 23.8 Å². The quantitative estimate of drug-likeness (QED) is 0.231. The van der Waals surface area contributed by atoms with Crippen molar-refractivity contribution in [3.63, 3.8) is 0 Å². The smallest absolute Gasteiger partial charge is 0.333 e. The number of ether oxygens (including phenoxy) is 3. The summed E-state index contributed by atoms with van der Waals surface area (Å²) in [5.41, 5.74) is 2.81. The van der Waals surface area contributed by atoms with Gasteiger partial charge in [0.1, 0.15) is 17.9 Å². The number of hydrogen-bond acceptors (Lipinski definition) is 10. The summed E-state index contributed by atoms with van der Waals surface area (Å²) in [6.45, 7) is 8.01. The first-order chi connectivity index (χ1) is 19.1. The van der Waals surface area contributed by atoms with E-state index in [4.69, 9.17) is 19.0 Å². The number of aryl methyl sites for hydroxylation is 1. The number of carbonyl (C=O) groups is 4. The number of rotatable bonds is 11. The molecule has 3 heterocycles. The molecule has 0 N–H and O–H groups in total. The molecule has 0 saturated carbocycles. The molecule has 12 heteroatoms. The van der Waals surface area contributed by atoms with Gasteiger partial charge in [0.05, 0.1) is 12.7 Å². The highest BCUT2D eigenvalue weighted by Gasteiger charge is 2.44. The largest absolute Gasteiger partial charge is 0.459 e. The number of amides is 2. The zero-order valence-electron chi connectivity index (χ0n) is 23.3. The Morgan fingerprint density at radius 1 is 1.10 bits per heavy atom. The van der Waals surface area contributed by atoms with Gasteiger partial charge >= 0.3 is 11.9 Å². The summed E-state index contributed by atoms with van der Waals surface area (Å²) >= 11 is 0. The van der Waals surface area contributed by atoms with Gasteiger partial charge in [-0.2, -0.15) is 0 Å². The summed E-state index contributed by atoms with van der Waals surface area (Å²) in [5.74, 6) is -2.16. The number of imide groups is 1. The van der Waals surface area contributed by atoms with E-state index in [9.17, 15) is 19.2 Å². The maximum absolute atomic E-state index is 12.0. The Morgan fingerprint density at radius 2 is 1.85 bits per heavy atom. The lowest BCUT2D eigenvalue weighted by molar-refractivity contribution is -0.269. The molecule has 0 radical (unpaired) electrons. The SMILES string of the molecule is CC(=O)OC1C(Cn2cc(-c3cccc(C)c3)nn2)OC(OCCCCC(=O)ON2C(=O)CCC2=O)C(C)C1C. The molecule has 2 aliphatic rings. The average Bonchev–Trinajstić information content (AvgIpc) is 3.50. The number of nitrogens with zero attached hydrogens (tertiary/aromatic N) is 4. The highest BCUT2D eigenvalue weighted by molar-refractivity contribution is 6.01. The van der Waals surface area contributed by atoms with E-state index >= 15 is 0 Å². The molecule has 2 saturated heterocycles. The molecular formula is C28H36N4O8. The predicted octanol–water partition coefficient (Wildman–Crippen LogP) is 2.98. The van der Waals surface area contributed by atoms with Crippen LogP contribution in [0.5, 0.6) is 0 Å². The molecular weight excluding hydrogens is 520 g/mol. The molecule has 5 atom stereocenters. The molecule has 12 nitrogen and oxygen atoms in total. The van der Waals surface area contributed by atoms with Crippen LogP contribution < -0.4 is 0 Å². The molecule has 2 aromatic rings. The minimum absolute atomic E-state index is 0.0463. The van der Waals surface area contributed by atoms with Crippen LogP contribution in [0.15, 0.2) is 30.5 Å². The average molecular weight is 557 g/mol. The molecule has 216 valence electrons. The van der Waals surface area contributed by atoms with Crippen molar-refractivity contribution in [3.05, 3.63) is 36.0 Å². The molecule has 1 aromatic carbocycles. The Balaban J connectivity index is 1.31. The predicted molar refractivity (Wildman–Crippen MR) is 140 cm³/mol. The monoisotopic (exact) mass is 556 g/mol. The Bertz CT molecular complexity index is 1210. The van der Waals surface area contributed by atoms with Crippen molar-refractivity contribution < 1.29 is 38.2 Å². The van der Waals surface area contributed by atoms with Crippen molar-refractivity contribution in [3.8, 4) is 11.3 Å². The number of hydrogen-bond donors (Lipinski definition) is 0. The fourth-order valence-corrected chi connectivity index (χ4v) is 4.86. The van der Waals surface area contributed by atoms with Crippen LogP contribution in [0.2, 0.25) is 0 Å². The third-order valence-electron chi connectivity index (χ3n) is 7.23. The molecule has 0 bridgehead atoms. The molecule has 1 aromatic heterocycles.